The van der Waals surface area contributed by atoms with Crippen molar-refractivity contribution in [1.82, 2.24) is 5.32 Å². The SMILES string of the molecule is NC(=NCc1ccc(Br)c(F)c1)NC1CC1. The Morgan fingerprint density at radius 1 is 1.56 bits per heavy atom. The summed E-state index contributed by atoms with van der Waals surface area (Å²) < 4.78 is 13.6. The van der Waals surface area contributed by atoms with Crippen LogP contribution in [0.4, 0.5) is 4.39 Å². The maximum Gasteiger partial charge on any atom is 0.189 e. The highest BCUT2D eigenvalue weighted by Gasteiger charge is 2.21. The third-order valence-corrected chi connectivity index (χ3v) is 2.99. The molecule has 1 aromatic carbocycles. The lowest BCUT2D eigenvalue weighted by Gasteiger charge is -2.03. The van der Waals surface area contributed by atoms with Crippen molar-refractivity contribution in [3.63, 3.8) is 0 Å². The standard InChI is InChI=1S/C11H13BrFN3/c12-9-4-1-7(5-10(9)13)6-15-11(14)16-8-2-3-8/h1,4-5,8H,2-3,6H2,(H3,14,15,16). The Hall–Kier alpha value is -1.10. The summed E-state index contributed by atoms with van der Waals surface area (Å²) in [5.74, 6) is 0.159. The summed E-state index contributed by atoms with van der Waals surface area (Å²) in [5.41, 5.74) is 6.47. The van der Waals surface area contributed by atoms with Crippen LogP contribution in [0.2, 0.25) is 0 Å². The predicted octanol–water partition coefficient (Wildman–Crippen LogP) is 2.15. The van der Waals surface area contributed by atoms with Crippen LogP contribution in [0.15, 0.2) is 27.7 Å². The van der Waals surface area contributed by atoms with Crippen LogP contribution in [0.3, 0.4) is 0 Å². The van der Waals surface area contributed by atoms with Crippen LogP contribution in [0.25, 0.3) is 0 Å². The molecule has 1 saturated carbocycles. The van der Waals surface area contributed by atoms with Gasteiger partial charge in [-0.2, -0.15) is 0 Å². The van der Waals surface area contributed by atoms with Crippen LogP contribution in [0.1, 0.15) is 18.4 Å². The quantitative estimate of drug-likeness (QED) is 0.661. The van der Waals surface area contributed by atoms with Crippen molar-refractivity contribution in [2.45, 2.75) is 25.4 Å². The van der Waals surface area contributed by atoms with Gasteiger partial charge in [-0.3, -0.25) is 0 Å². The molecule has 3 nitrogen and oxygen atoms in total. The Bertz CT molecular complexity index is 416. The third kappa shape index (κ3) is 3.20. The van der Waals surface area contributed by atoms with E-state index in [0.29, 0.717) is 23.0 Å². The Morgan fingerprint density at radius 3 is 2.94 bits per heavy atom. The molecule has 2 rings (SSSR count). The second kappa shape index (κ2) is 4.82. The zero-order chi connectivity index (χ0) is 11.5. The summed E-state index contributed by atoms with van der Waals surface area (Å²) in [6.45, 7) is 0.399. The van der Waals surface area contributed by atoms with Crippen molar-refractivity contribution < 1.29 is 4.39 Å². The van der Waals surface area contributed by atoms with E-state index in [4.69, 9.17) is 5.73 Å². The summed E-state index contributed by atoms with van der Waals surface area (Å²) in [7, 11) is 0. The first kappa shape index (κ1) is 11.4. The summed E-state index contributed by atoms with van der Waals surface area (Å²) in [4.78, 5) is 4.15. The van der Waals surface area contributed by atoms with Gasteiger partial charge in [-0.05, 0) is 46.5 Å². The van der Waals surface area contributed by atoms with Crippen LogP contribution in [-0.2, 0) is 6.54 Å². The smallest absolute Gasteiger partial charge is 0.189 e. The zero-order valence-corrected chi connectivity index (χ0v) is 10.3. The Labute approximate surface area is 102 Å². The van der Waals surface area contributed by atoms with Gasteiger partial charge in [0.05, 0.1) is 11.0 Å². The molecule has 5 heteroatoms. The monoisotopic (exact) mass is 285 g/mol. The predicted molar refractivity (Wildman–Crippen MR) is 65.6 cm³/mol. The lowest BCUT2D eigenvalue weighted by Crippen LogP contribution is -2.33. The fourth-order valence-corrected chi connectivity index (χ4v) is 1.54. The number of nitrogens with one attached hydrogen (secondary N) is 1. The number of nitrogens with two attached hydrogens (primary N) is 1. The summed E-state index contributed by atoms with van der Waals surface area (Å²) in [5, 5.41) is 3.07. The number of hydrogen-bond acceptors (Lipinski definition) is 1. The molecule has 1 aliphatic carbocycles. The second-order valence-electron chi connectivity index (χ2n) is 3.87. The van der Waals surface area contributed by atoms with Gasteiger partial charge in [0.25, 0.3) is 0 Å². The van der Waals surface area contributed by atoms with E-state index < -0.39 is 0 Å². The van der Waals surface area contributed by atoms with Crippen molar-refractivity contribution in [2.24, 2.45) is 10.7 Å². The van der Waals surface area contributed by atoms with Crippen LogP contribution in [0, 0.1) is 5.82 Å². The van der Waals surface area contributed by atoms with E-state index >= 15 is 0 Å². The molecule has 0 spiro atoms. The maximum absolute atomic E-state index is 13.2. The largest absolute Gasteiger partial charge is 0.370 e. The number of halogens is 2. The summed E-state index contributed by atoms with van der Waals surface area (Å²) in [6, 6.07) is 5.44. The Morgan fingerprint density at radius 2 is 2.31 bits per heavy atom. The van der Waals surface area contributed by atoms with E-state index in [0.717, 1.165) is 18.4 Å². The van der Waals surface area contributed by atoms with Gasteiger partial charge in [-0.25, -0.2) is 9.38 Å². The molecule has 0 unspecified atom stereocenters. The van der Waals surface area contributed by atoms with Crippen molar-refractivity contribution in [3.8, 4) is 0 Å². The topological polar surface area (TPSA) is 50.4 Å². The molecular weight excluding hydrogens is 273 g/mol. The molecule has 0 aromatic heterocycles. The van der Waals surface area contributed by atoms with Crippen LogP contribution in [0.5, 0.6) is 0 Å². The van der Waals surface area contributed by atoms with E-state index in [1.54, 1.807) is 6.07 Å². The molecule has 1 aliphatic rings. The molecule has 0 radical (unpaired) electrons. The highest BCUT2D eigenvalue weighted by Crippen LogP contribution is 2.18. The summed E-state index contributed by atoms with van der Waals surface area (Å²) in [6.07, 6.45) is 2.31. The first-order valence-corrected chi connectivity index (χ1v) is 5.95. The van der Waals surface area contributed by atoms with E-state index in [2.05, 4.69) is 26.2 Å². The van der Waals surface area contributed by atoms with Crippen molar-refractivity contribution in [3.05, 3.63) is 34.1 Å². The fourth-order valence-electron chi connectivity index (χ4n) is 1.30. The number of rotatable bonds is 3. The van der Waals surface area contributed by atoms with Crippen molar-refractivity contribution >= 4 is 21.9 Å². The first-order chi connectivity index (χ1) is 7.65. The normalized spacial score (nSPS) is 16.2. The number of aliphatic imine (C=N–C) groups is 1. The molecule has 0 heterocycles. The average Bonchev–Trinajstić information content (AvgIpc) is 3.04. The van der Waals surface area contributed by atoms with Crippen molar-refractivity contribution in [1.29, 1.82) is 0 Å². The lowest BCUT2D eigenvalue weighted by atomic mass is 10.2. The molecule has 1 fully saturated rings. The Balaban J connectivity index is 1.94. The highest BCUT2D eigenvalue weighted by molar-refractivity contribution is 9.10. The molecular formula is C11H13BrFN3. The minimum Gasteiger partial charge on any atom is -0.370 e. The highest BCUT2D eigenvalue weighted by atomic mass is 79.9. The summed E-state index contributed by atoms with van der Waals surface area (Å²) >= 11 is 3.10. The minimum absolute atomic E-state index is 0.276. The van der Waals surface area contributed by atoms with Gasteiger partial charge >= 0.3 is 0 Å². The molecule has 0 saturated heterocycles. The molecule has 86 valence electrons. The molecule has 1 aromatic rings. The van der Waals surface area contributed by atoms with Gasteiger partial charge in [-0.15, -0.1) is 0 Å². The molecule has 3 N–H and O–H groups in total. The van der Waals surface area contributed by atoms with Crippen molar-refractivity contribution in [2.75, 3.05) is 0 Å². The van der Waals surface area contributed by atoms with E-state index in [1.807, 2.05) is 6.07 Å². The lowest BCUT2D eigenvalue weighted by molar-refractivity contribution is 0.618. The van der Waals surface area contributed by atoms with Gasteiger partial charge in [0.2, 0.25) is 0 Å². The van der Waals surface area contributed by atoms with Crippen LogP contribution in [-0.4, -0.2) is 12.0 Å². The minimum atomic E-state index is -0.276. The maximum atomic E-state index is 13.2. The fraction of sp³-hybridized carbons (Fsp3) is 0.364. The zero-order valence-electron chi connectivity index (χ0n) is 8.71. The molecule has 0 atom stereocenters. The number of guanidine groups is 1. The number of hydrogen-bond donors (Lipinski definition) is 2. The second-order valence-corrected chi connectivity index (χ2v) is 4.72. The Kier molecular flexibility index (Phi) is 3.43. The number of nitrogens with zero attached hydrogens (tertiary/aromatic N) is 1. The van der Waals surface area contributed by atoms with Crippen LogP contribution >= 0.6 is 15.9 Å². The van der Waals surface area contributed by atoms with E-state index in [1.165, 1.54) is 6.07 Å². The van der Waals surface area contributed by atoms with Gasteiger partial charge in [-0.1, -0.05) is 6.07 Å². The van der Waals surface area contributed by atoms with Gasteiger partial charge in [0, 0.05) is 6.04 Å². The first-order valence-electron chi connectivity index (χ1n) is 5.15. The third-order valence-electron chi connectivity index (χ3n) is 2.35. The molecule has 0 amide bonds. The van der Waals surface area contributed by atoms with Gasteiger partial charge in [0.15, 0.2) is 5.96 Å². The molecule has 0 aliphatic heterocycles. The molecule has 16 heavy (non-hydrogen) atoms. The number of benzene rings is 1. The van der Waals surface area contributed by atoms with E-state index in [9.17, 15) is 4.39 Å². The van der Waals surface area contributed by atoms with E-state index in [-0.39, 0.29) is 5.82 Å². The van der Waals surface area contributed by atoms with Gasteiger partial charge < -0.3 is 11.1 Å². The average molecular weight is 286 g/mol. The van der Waals surface area contributed by atoms with Crippen LogP contribution < -0.4 is 11.1 Å². The molecule has 0 bridgehead atoms. The van der Waals surface area contributed by atoms with Gasteiger partial charge in [0.1, 0.15) is 5.82 Å².